The van der Waals surface area contributed by atoms with Gasteiger partial charge >= 0.3 is 6.09 Å². The van der Waals surface area contributed by atoms with Crippen molar-refractivity contribution >= 4 is 33.4 Å². The van der Waals surface area contributed by atoms with Crippen molar-refractivity contribution in [3.63, 3.8) is 0 Å². The number of carbonyl (C=O) groups is 1. The molecule has 1 aliphatic rings. The summed E-state index contributed by atoms with van der Waals surface area (Å²) in [6, 6.07) is 2.77. The van der Waals surface area contributed by atoms with E-state index >= 15 is 0 Å². The molecule has 2 atom stereocenters. The first-order valence-corrected chi connectivity index (χ1v) is 8.90. The number of likely N-dealkylation sites (tertiary alicyclic amines) is 1. The molecule has 0 saturated carbocycles. The van der Waals surface area contributed by atoms with E-state index in [4.69, 9.17) is 4.74 Å². The monoisotopic (exact) mass is 374 g/mol. The van der Waals surface area contributed by atoms with E-state index in [0.717, 1.165) is 17.4 Å². The molecule has 118 valence electrons. The van der Waals surface area contributed by atoms with Crippen LogP contribution in [0.25, 0.3) is 0 Å². The van der Waals surface area contributed by atoms with Crippen molar-refractivity contribution in [2.24, 2.45) is 0 Å². The van der Waals surface area contributed by atoms with Gasteiger partial charge in [-0.1, -0.05) is 0 Å². The fourth-order valence-corrected chi connectivity index (χ4v) is 3.84. The Kier molecular flexibility index (Phi) is 5.33. The summed E-state index contributed by atoms with van der Waals surface area (Å²) in [6.07, 6.45) is 0.758. The highest BCUT2D eigenvalue weighted by Gasteiger charge is 2.30. The molecule has 6 heteroatoms. The molecule has 0 bridgehead atoms. The maximum Gasteiger partial charge on any atom is 0.410 e. The fourth-order valence-electron chi connectivity index (χ4n) is 2.38. The third-order valence-corrected chi connectivity index (χ3v) is 5.22. The number of thiophene rings is 1. The Morgan fingerprint density at radius 2 is 2.29 bits per heavy atom. The maximum atomic E-state index is 12.0. The quantitative estimate of drug-likeness (QED) is 0.862. The van der Waals surface area contributed by atoms with Crippen LogP contribution in [0.5, 0.6) is 0 Å². The first-order valence-electron chi connectivity index (χ1n) is 7.22. The highest BCUT2D eigenvalue weighted by molar-refractivity contribution is 9.10. The van der Waals surface area contributed by atoms with Gasteiger partial charge in [-0.3, -0.25) is 0 Å². The normalized spacial score (nSPS) is 20.6. The number of halogens is 1. The molecule has 1 fully saturated rings. The third kappa shape index (κ3) is 4.97. The van der Waals surface area contributed by atoms with Gasteiger partial charge in [-0.2, -0.15) is 0 Å². The Balaban J connectivity index is 1.84. The lowest BCUT2D eigenvalue weighted by atomic mass is 10.2. The highest BCUT2D eigenvalue weighted by Crippen LogP contribution is 2.26. The van der Waals surface area contributed by atoms with Gasteiger partial charge in [0.15, 0.2) is 0 Å². The average Bonchev–Trinajstić information content (AvgIpc) is 2.96. The van der Waals surface area contributed by atoms with Crippen molar-refractivity contribution in [2.75, 3.05) is 13.1 Å². The van der Waals surface area contributed by atoms with E-state index in [1.807, 2.05) is 20.8 Å². The molecule has 1 aliphatic heterocycles. The van der Waals surface area contributed by atoms with Crippen molar-refractivity contribution in [1.29, 1.82) is 0 Å². The average molecular weight is 375 g/mol. The van der Waals surface area contributed by atoms with E-state index in [1.54, 1.807) is 16.2 Å². The summed E-state index contributed by atoms with van der Waals surface area (Å²) in [5.41, 5.74) is -0.431. The molecule has 1 saturated heterocycles. The molecular formula is C15H23BrN2O2S. The smallest absolute Gasteiger partial charge is 0.410 e. The molecule has 21 heavy (non-hydrogen) atoms. The van der Waals surface area contributed by atoms with Gasteiger partial charge in [0.2, 0.25) is 0 Å². The second kappa shape index (κ2) is 6.67. The van der Waals surface area contributed by atoms with Crippen LogP contribution in [0.4, 0.5) is 4.79 Å². The molecule has 1 aromatic rings. The lowest BCUT2D eigenvalue weighted by Crippen LogP contribution is -2.38. The SMILES string of the molecule is CC(NC1CCN(C(=O)OC(C)(C)C)C1)c1cc(Br)cs1. The predicted octanol–water partition coefficient (Wildman–Crippen LogP) is 4.17. The lowest BCUT2D eigenvalue weighted by molar-refractivity contribution is 0.0290. The van der Waals surface area contributed by atoms with Gasteiger partial charge in [-0.25, -0.2) is 4.79 Å². The molecule has 0 radical (unpaired) electrons. The lowest BCUT2D eigenvalue weighted by Gasteiger charge is -2.25. The molecule has 2 rings (SSSR count). The van der Waals surface area contributed by atoms with Crippen LogP contribution in [0, 0.1) is 0 Å². The second-order valence-electron chi connectivity index (χ2n) is 6.47. The molecule has 1 N–H and O–H groups in total. The summed E-state index contributed by atoms with van der Waals surface area (Å²) >= 11 is 5.22. The summed E-state index contributed by atoms with van der Waals surface area (Å²) in [7, 11) is 0. The molecule has 0 spiro atoms. The van der Waals surface area contributed by atoms with Crippen molar-refractivity contribution in [1.82, 2.24) is 10.2 Å². The zero-order chi connectivity index (χ0) is 15.6. The van der Waals surface area contributed by atoms with Crippen LogP contribution in [0.3, 0.4) is 0 Å². The molecule has 4 nitrogen and oxygen atoms in total. The molecule has 0 aromatic carbocycles. The Morgan fingerprint density at radius 3 is 2.86 bits per heavy atom. The zero-order valence-corrected chi connectivity index (χ0v) is 15.4. The number of ether oxygens (including phenoxy) is 1. The minimum Gasteiger partial charge on any atom is -0.444 e. The molecule has 2 heterocycles. The minimum atomic E-state index is -0.431. The highest BCUT2D eigenvalue weighted by atomic mass is 79.9. The van der Waals surface area contributed by atoms with Gasteiger partial charge in [-0.05, 0) is 56.1 Å². The predicted molar refractivity (Wildman–Crippen MR) is 89.8 cm³/mol. The summed E-state index contributed by atoms with van der Waals surface area (Å²) < 4.78 is 6.54. The van der Waals surface area contributed by atoms with Crippen LogP contribution in [0.1, 0.15) is 45.0 Å². The molecular weight excluding hydrogens is 352 g/mol. The number of nitrogens with one attached hydrogen (secondary N) is 1. The van der Waals surface area contributed by atoms with E-state index in [1.165, 1.54) is 4.88 Å². The summed E-state index contributed by atoms with van der Waals surface area (Å²) in [5, 5.41) is 5.69. The van der Waals surface area contributed by atoms with Crippen LogP contribution in [0.15, 0.2) is 15.9 Å². The van der Waals surface area contributed by atoms with E-state index < -0.39 is 5.60 Å². The maximum absolute atomic E-state index is 12.0. The number of hydrogen-bond donors (Lipinski definition) is 1. The van der Waals surface area contributed by atoms with Gasteiger partial charge in [-0.15, -0.1) is 11.3 Å². The molecule has 2 unspecified atom stereocenters. The Labute approximate surface area is 139 Å². The first-order chi connectivity index (χ1) is 9.74. The number of amides is 1. The zero-order valence-electron chi connectivity index (χ0n) is 13.0. The second-order valence-corrected chi connectivity index (χ2v) is 8.33. The van der Waals surface area contributed by atoms with Crippen LogP contribution < -0.4 is 5.32 Å². The van der Waals surface area contributed by atoms with Crippen LogP contribution in [-0.4, -0.2) is 35.7 Å². The standard InChI is InChI=1S/C15H23BrN2O2S/c1-10(13-7-11(16)9-21-13)17-12-5-6-18(8-12)14(19)20-15(2,3)4/h7,9-10,12,17H,5-6,8H2,1-4H3. The number of rotatable bonds is 3. The first kappa shape index (κ1) is 16.8. The third-order valence-electron chi connectivity index (χ3n) is 3.34. The van der Waals surface area contributed by atoms with Crippen molar-refractivity contribution in [3.8, 4) is 0 Å². The summed E-state index contributed by atoms with van der Waals surface area (Å²) in [5.74, 6) is 0. The number of hydrogen-bond acceptors (Lipinski definition) is 4. The Morgan fingerprint density at radius 1 is 1.57 bits per heavy atom. The van der Waals surface area contributed by atoms with Crippen molar-refractivity contribution in [3.05, 3.63) is 20.8 Å². The van der Waals surface area contributed by atoms with Crippen LogP contribution >= 0.6 is 27.3 Å². The molecule has 1 aromatic heterocycles. The van der Waals surface area contributed by atoms with E-state index in [2.05, 4.69) is 39.6 Å². The number of carbonyl (C=O) groups excluding carboxylic acids is 1. The van der Waals surface area contributed by atoms with Crippen LogP contribution in [0.2, 0.25) is 0 Å². The van der Waals surface area contributed by atoms with Gasteiger partial charge in [0, 0.05) is 39.9 Å². The fraction of sp³-hybridized carbons (Fsp3) is 0.667. The van der Waals surface area contributed by atoms with Gasteiger partial charge in [0.1, 0.15) is 5.60 Å². The summed E-state index contributed by atoms with van der Waals surface area (Å²) in [4.78, 5) is 15.1. The Hall–Kier alpha value is -0.590. The Bertz CT molecular complexity index is 498. The minimum absolute atomic E-state index is 0.210. The van der Waals surface area contributed by atoms with E-state index in [-0.39, 0.29) is 6.09 Å². The molecule has 1 amide bonds. The van der Waals surface area contributed by atoms with Gasteiger partial charge < -0.3 is 15.0 Å². The van der Waals surface area contributed by atoms with Crippen molar-refractivity contribution in [2.45, 2.75) is 51.8 Å². The van der Waals surface area contributed by atoms with E-state index in [0.29, 0.717) is 18.6 Å². The van der Waals surface area contributed by atoms with Crippen LogP contribution in [-0.2, 0) is 4.74 Å². The van der Waals surface area contributed by atoms with Gasteiger partial charge in [0.25, 0.3) is 0 Å². The number of nitrogens with zero attached hydrogens (tertiary/aromatic N) is 1. The van der Waals surface area contributed by atoms with E-state index in [9.17, 15) is 4.79 Å². The largest absolute Gasteiger partial charge is 0.444 e. The summed E-state index contributed by atoms with van der Waals surface area (Å²) in [6.45, 7) is 9.32. The molecule has 0 aliphatic carbocycles. The van der Waals surface area contributed by atoms with Gasteiger partial charge in [0.05, 0.1) is 0 Å². The topological polar surface area (TPSA) is 41.6 Å². The van der Waals surface area contributed by atoms with Crippen molar-refractivity contribution < 1.29 is 9.53 Å².